The van der Waals surface area contributed by atoms with Crippen LogP contribution in [0.25, 0.3) is 0 Å². The predicted octanol–water partition coefficient (Wildman–Crippen LogP) is -0.100. The van der Waals surface area contributed by atoms with Crippen LogP contribution >= 0.6 is 0 Å². The maximum absolute atomic E-state index is 11.5. The molecule has 0 radical (unpaired) electrons. The van der Waals surface area contributed by atoms with Gasteiger partial charge in [0.05, 0.1) is 6.61 Å². The first-order valence-corrected chi connectivity index (χ1v) is 8.94. The first-order chi connectivity index (χ1) is 12.2. The van der Waals surface area contributed by atoms with Gasteiger partial charge in [-0.1, -0.05) is 13.3 Å². The lowest BCUT2D eigenvalue weighted by Gasteiger charge is -2.30. The number of aldehydes is 1. The number of nitrogens with one attached hydrogen (secondary N) is 2. The van der Waals surface area contributed by atoms with Crippen molar-refractivity contribution in [2.24, 2.45) is 0 Å². The Bertz CT molecular complexity index is 592. The number of rotatable bonds is 8. The van der Waals surface area contributed by atoms with Crippen LogP contribution in [0.4, 0.5) is 17.3 Å². The Kier molecular flexibility index (Phi) is 5.87. The summed E-state index contributed by atoms with van der Waals surface area (Å²) in [6.07, 6.45) is 2.37. The number of fused-ring (bicyclic) bond motifs is 1. The normalized spacial score (nSPS) is 20.2. The second kappa shape index (κ2) is 8.30. The van der Waals surface area contributed by atoms with E-state index in [9.17, 15) is 4.79 Å². The highest BCUT2D eigenvalue weighted by atomic mass is 16.5. The number of anilines is 3. The molecule has 0 amide bonds. The van der Waals surface area contributed by atoms with Gasteiger partial charge in [-0.3, -0.25) is 9.69 Å². The fourth-order valence-electron chi connectivity index (χ4n) is 3.06. The number of aromatic nitrogens is 2. The van der Waals surface area contributed by atoms with Crippen molar-refractivity contribution in [2.45, 2.75) is 25.9 Å². The Labute approximate surface area is 147 Å². The van der Waals surface area contributed by atoms with Crippen LogP contribution in [0.3, 0.4) is 0 Å². The Hall–Kier alpha value is -2.13. The van der Waals surface area contributed by atoms with Crippen molar-refractivity contribution in [1.29, 1.82) is 0 Å². The molecule has 1 aromatic rings. The third-order valence-corrected chi connectivity index (χ3v) is 4.52. The number of carbonyl (C=O) groups is 1. The van der Waals surface area contributed by atoms with Gasteiger partial charge in [-0.2, -0.15) is 9.97 Å². The summed E-state index contributed by atoms with van der Waals surface area (Å²) in [7, 11) is 0. The van der Waals surface area contributed by atoms with Crippen LogP contribution < -0.4 is 26.0 Å². The van der Waals surface area contributed by atoms with E-state index in [-0.39, 0.29) is 6.01 Å². The third-order valence-electron chi connectivity index (χ3n) is 4.52. The lowest BCUT2D eigenvalue weighted by molar-refractivity contribution is -0.108. The molecule has 0 saturated carbocycles. The summed E-state index contributed by atoms with van der Waals surface area (Å²) in [5.41, 5.74) is 6.65. The fourth-order valence-corrected chi connectivity index (χ4v) is 3.06. The molecule has 0 bridgehead atoms. The number of nitrogens with zero attached hydrogens (tertiary/aromatic N) is 4. The van der Waals surface area contributed by atoms with E-state index in [1.807, 2.05) is 4.90 Å². The van der Waals surface area contributed by atoms with Crippen LogP contribution in [0.15, 0.2) is 0 Å². The van der Waals surface area contributed by atoms with Gasteiger partial charge in [0.25, 0.3) is 0 Å². The van der Waals surface area contributed by atoms with Gasteiger partial charge in [-0.25, -0.2) is 0 Å². The average molecular weight is 349 g/mol. The molecule has 2 aliphatic heterocycles. The van der Waals surface area contributed by atoms with Crippen molar-refractivity contribution in [2.75, 3.05) is 61.8 Å². The number of piperazine rings is 1. The number of ether oxygens (including phenoxy) is 1. The van der Waals surface area contributed by atoms with Crippen molar-refractivity contribution in [3.05, 3.63) is 0 Å². The molecule has 3 rings (SSSR count). The molecule has 9 heteroatoms. The molecule has 3 heterocycles. The van der Waals surface area contributed by atoms with E-state index in [4.69, 9.17) is 10.5 Å². The van der Waals surface area contributed by atoms with E-state index >= 15 is 0 Å². The lowest BCUT2D eigenvalue weighted by atomic mass is 10.3. The standard InChI is InChI=1S/C16H27N7O2/c1-2-3-10-25-16-20-14(17)13-15(21-16)23(12(11-24)19-13)9-8-22-6-4-18-5-7-22/h11-12,18-19H,2-10H2,1H3,(H2,17,20,21). The Morgan fingerprint density at radius 3 is 2.84 bits per heavy atom. The zero-order valence-electron chi connectivity index (χ0n) is 14.7. The van der Waals surface area contributed by atoms with E-state index in [0.29, 0.717) is 30.5 Å². The highest BCUT2D eigenvalue weighted by molar-refractivity contribution is 5.87. The molecule has 1 atom stereocenters. The molecular formula is C16H27N7O2. The Morgan fingerprint density at radius 2 is 2.12 bits per heavy atom. The number of unbranched alkanes of at least 4 members (excludes halogenated alkanes) is 1. The van der Waals surface area contributed by atoms with E-state index in [2.05, 4.69) is 32.4 Å². The molecule has 4 N–H and O–H groups in total. The van der Waals surface area contributed by atoms with Gasteiger partial charge in [0.1, 0.15) is 5.69 Å². The zero-order chi connectivity index (χ0) is 17.6. The van der Waals surface area contributed by atoms with Gasteiger partial charge >= 0.3 is 6.01 Å². The number of hydrogen-bond acceptors (Lipinski definition) is 9. The minimum absolute atomic E-state index is 0.269. The zero-order valence-corrected chi connectivity index (χ0v) is 14.7. The van der Waals surface area contributed by atoms with E-state index in [1.54, 1.807) is 0 Å². The molecule has 1 aromatic heterocycles. The van der Waals surface area contributed by atoms with E-state index in [1.165, 1.54) is 0 Å². The maximum atomic E-state index is 11.5. The fraction of sp³-hybridized carbons (Fsp3) is 0.688. The van der Waals surface area contributed by atoms with Crippen molar-refractivity contribution in [3.8, 4) is 6.01 Å². The van der Waals surface area contributed by atoms with E-state index < -0.39 is 6.17 Å². The molecule has 2 aliphatic rings. The predicted molar refractivity (Wildman–Crippen MR) is 97.0 cm³/mol. The van der Waals surface area contributed by atoms with Gasteiger partial charge in [-0.05, 0) is 6.42 Å². The van der Waals surface area contributed by atoms with Gasteiger partial charge in [0, 0.05) is 39.3 Å². The molecular weight excluding hydrogens is 322 g/mol. The summed E-state index contributed by atoms with van der Waals surface area (Å²) in [6.45, 7) is 8.22. The maximum Gasteiger partial charge on any atom is 0.320 e. The smallest absolute Gasteiger partial charge is 0.320 e. The highest BCUT2D eigenvalue weighted by Gasteiger charge is 2.33. The van der Waals surface area contributed by atoms with Crippen LogP contribution in [0, 0.1) is 0 Å². The molecule has 138 valence electrons. The first-order valence-electron chi connectivity index (χ1n) is 8.94. The third kappa shape index (κ3) is 4.10. The molecule has 1 saturated heterocycles. The van der Waals surface area contributed by atoms with Crippen molar-refractivity contribution >= 4 is 23.6 Å². The molecule has 1 unspecified atom stereocenters. The van der Waals surface area contributed by atoms with E-state index in [0.717, 1.165) is 51.9 Å². The van der Waals surface area contributed by atoms with Gasteiger partial charge < -0.3 is 26.0 Å². The number of hydrogen-bond donors (Lipinski definition) is 3. The quantitative estimate of drug-likeness (QED) is 0.438. The van der Waals surface area contributed by atoms with Crippen LogP contribution in [0.5, 0.6) is 6.01 Å². The molecule has 25 heavy (non-hydrogen) atoms. The number of carbonyl (C=O) groups excluding carboxylic acids is 1. The minimum Gasteiger partial charge on any atom is -0.463 e. The van der Waals surface area contributed by atoms with Crippen LogP contribution in [-0.4, -0.2) is 73.2 Å². The number of nitrogen functional groups attached to an aromatic ring is 1. The van der Waals surface area contributed by atoms with Gasteiger partial charge in [0.15, 0.2) is 24.1 Å². The minimum atomic E-state index is -0.472. The summed E-state index contributed by atoms with van der Waals surface area (Å²) < 4.78 is 5.60. The largest absolute Gasteiger partial charge is 0.463 e. The summed E-state index contributed by atoms with van der Waals surface area (Å²) >= 11 is 0. The topological polar surface area (TPSA) is 109 Å². The highest BCUT2D eigenvalue weighted by Crippen LogP contribution is 2.37. The van der Waals surface area contributed by atoms with Crippen LogP contribution in [0.1, 0.15) is 19.8 Å². The van der Waals surface area contributed by atoms with Crippen LogP contribution in [-0.2, 0) is 4.79 Å². The summed E-state index contributed by atoms with van der Waals surface area (Å²) in [6, 6.07) is 0.269. The molecule has 9 nitrogen and oxygen atoms in total. The molecule has 0 spiro atoms. The lowest BCUT2D eigenvalue weighted by Crippen LogP contribution is -2.48. The van der Waals surface area contributed by atoms with Gasteiger partial charge in [-0.15, -0.1) is 0 Å². The van der Waals surface area contributed by atoms with Crippen molar-refractivity contribution < 1.29 is 9.53 Å². The average Bonchev–Trinajstić information content (AvgIpc) is 2.99. The summed E-state index contributed by atoms with van der Waals surface area (Å²) in [4.78, 5) is 24.5. The number of nitrogens with two attached hydrogens (primary N) is 1. The molecule has 1 fully saturated rings. The van der Waals surface area contributed by atoms with Crippen molar-refractivity contribution in [1.82, 2.24) is 20.2 Å². The first kappa shape index (κ1) is 17.7. The molecule has 0 aromatic carbocycles. The summed E-state index contributed by atoms with van der Waals surface area (Å²) in [5.74, 6) is 0.958. The van der Waals surface area contributed by atoms with Crippen molar-refractivity contribution in [3.63, 3.8) is 0 Å². The second-order valence-electron chi connectivity index (χ2n) is 6.30. The Balaban J connectivity index is 1.72. The summed E-state index contributed by atoms with van der Waals surface area (Å²) in [5, 5.41) is 6.45. The monoisotopic (exact) mass is 349 g/mol. The second-order valence-corrected chi connectivity index (χ2v) is 6.30. The Morgan fingerprint density at radius 1 is 1.32 bits per heavy atom. The van der Waals surface area contributed by atoms with Gasteiger partial charge in [0.2, 0.25) is 0 Å². The van der Waals surface area contributed by atoms with Crippen LogP contribution in [0.2, 0.25) is 0 Å². The SMILES string of the molecule is CCCCOc1nc(N)c2c(n1)N(CCN1CCNCC1)C(C=O)N2. The molecule has 0 aliphatic carbocycles.